The molecule has 0 aliphatic carbocycles. The molecule has 0 unspecified atom stereocenters. The number of benzene rings is 1. The molecule has 1 aliphatic rings. The first-order valence-electron chi connectivity index (χ1n) is 8.14. The van der Waals surface area contributed by atoms with Crippen molar-refractivity contribution in [2.75, 3.05) is 39.3 Å². The zero-order chi connectivity index (χ0) is 17.4. The van der Waals surface area contributed by atoms with Gasteiger partial charge in [-0.2, -0.15) is 11.8 Å². The zero-order valence-corrected chi connectivity index (χ0v) is 18.4. The number of hydrogen-bond donors (Lipinski definition) is 2. The van der Waals surface area contributed by atoms with E-state index in [0.717, 1.165) is 36.3 Å². The van der Waals surface area contributed by atoms with Gasteiger partial charge in [-0.3, -0.25) is 4.99 Å². The van der Waals surface area contributed by atoms with E-state index in [2.05, 4.69) is 42.7 Å². The Hall–Kier alpha value is -1.03. The second-order valence-electron chi connectivity index (χ2n) is 5.95. The molecule has 8 heteroatoms. The number of halogens is 1. The quantitative estimate of drug-likeness (QED) is 0.258. The third kappa shape index (κ3) is 7.39. The summed E-state index contributed by atoms with van der Waals surface area (Å²) in [5, 5.41) is 6.54. The minimum absolute atomic E-state index is 0. The summed E-state index contributed by atoms with van der Waals surface area (Å²) in [5.74, 6) is 3.08. The van der Waals surface area contributed by atoms with Gasteiger partial charge in [-0.05, 0) is 39.2 Å². The van der Waals surface area contributed by atoms with Gasteiger partial charge in [0.05, 0.1) is 13.1 Å². The molecule has 1 heterocycles. The highest BCUT2D eigenvalue weighted by Crippen LogP contribution is 2.34. The Balaban J connectivity index is 0.00000312. The molecule has 1 aliphatic heterocycles. The van der Waals surface area contributed by atoms with Gasteiger partial charge in [0.25, 0.3) is 0 Å². The topological polar surface area (TPSA) is 64.1 Å². The molecule has 0 aromatic heterocycles. The molecule has 0 bridgehead atoms. The normalized spacial score (nSPS) is 13.2. The third-order valence-corrected chi connectivity index (χ3v) is 4.76. The monoisotopic (exact) mass is 481 g/mol. The molecule has 0 saturated carbocycles. The molecule has 0 fully saturated rings. The van der Waals surface area contributed by atoms with Crippen LogP contribution in [0.15, 0.2) is 23.2 Å². The lowest BCUT2D eigenvalue weighted by atomic mass is 10.2. The first-order valence-corrected chi connectivity index (χ1v) is 9.36. The molecule has 2 rings (SSSR count). The van der Waals surface area contributed by atoms with Crippen LogP contribution in [-0.4, -0.2) is 50.0 Å². The van der Waals surface area contributed by atoms with Crippen LogP contribution in [0, 0.1) is 0 Å². The Morgan fingerprint density at radius 3 is 2.76 bits per heavy atom. The van der Waals surface area contributed by atoms with Crippen molar-refractivity contribution in [3.8, 4) is 17.2 Å². The van der Waals surface area contributed by atoms with Crippen LogP contribution in [0.2, 0.25) is 0 Å². The summed E-state index contributed by atoms with van der Waals surface area (Å²) in [6.45, 7) is 9.49. The molecule has 0 atom stereocenters. The number of rotatable bonds is 8. The minimum atomic E-state index is 0. The Morgan fingerprint density at radius 1 is 1.28 bits per heavy atom. The van der Waals surface area contributed by atoms with Crippen LogP contribution in [0.3, 0.4) is 0 Å². The van der Waals surface area contributed by atoms with Crippen LogP contribution in [0.4, 0.5) is 0 Å². The van der Waals surface area contributed by atoms with E-state index < -0.39 is 0 Å². The van der Waals surface area contributed by atoms with Crippen molar-refractivity contribution >= 4 is 41.7 Å². The van der Waals surface area contributed by atoms with Crippen LogP contribution < -0.4 is 24.8 Å². The van der Waals surface area contributed by atoms with E-state index >= 15 is 0 Å². The van der Waals surface area contributed by atoms with Gasteiger partial charge in [-0.1, -0.05) is 0 Å². The lowest BCUT2D eigenvalue weighted by Crippen LogP contribution is -2.40. The average Bonchev–Trinajstić information content (AvgIpc) is 3.04. The molecular formula is C17H28IN3O3S. The highest BCUT2D eigenvalue weighted by molar-refractivity contribution is 14.0. The molecular weight excluding hydrogens is 453 g/mol. The predicted octanol–water partition coefficient (Wildman–Crippen LogP) is 3.11. The Kier molecular flexibility index (Phi) is 9.55. The van der Waals surface area contributed by atoms with Crippen molar-refractivity contribution in [1.29, 1.82) is 0 Å². The van der Waals surface area contributed by atoms with Crippen molar-refractivity contribution in [2.45, 2.75) is 25.5 Å². The fourth-order valence-corrected chi connectivity index (χ4v) is 2.17. The number of ether oxygens (including phenoxy) is 3. The first-order chi connectivity index (χ1) is 11.5. The van der Waals surface area contributed by atoms with Crippen molar-refractivity contribution < 1.29 is 14.2 Å². The summed E-state index contributed by atoms with van der Waals surface area (Å²) in [6, 6.07) is 5.59. The number of aliphatic imine (C=N–C) groups is 1. The lowest BCUT2D eigenvalue weighted by molar-refractivity contribution is 0.173. The molecule has 25 heavy (non-hydrogen) atoms. The number of nitrogens with zero attached hydrogens (tertiary/aromatic N) is 1. The lowest BCUT2D eigenvalue weighted by Gasteiger charge is -2.20. The summed E-state index contributed by atoms with van der Waals surface area (Å²) in [7, 11) is 0. The second-order valence-corrected chi connectivity index (χ2v) is 7.46. The number of hydrogen-bond acceptors (Lipinski definition) is 5. The Labute approximate surface area is 171 Å². The van der Waals surface area contributed by atoms with Crippen LogP contribution in [-0.2, 0) is 0 Å². The SMILES string of the molecule is CCNC(=NCC(C)(C)SC)NCCOc1ccc2c(c1)OCO2.I. The molecule has 1 aromatic carbocycles. The first kappa shape index (κ1) is 22.0. The molecule has 0 amide bonds. The van der Waals surface area contributed by atoms with E-state index in [4.69, 9.17) is 14.2 Å². The average molecular weight is 481 g/mol. The predicted molar refractivity (Wildman–Crippen MR) is 115 cm³/mol. The maximum Gasteiger partial charge on any atom is 0.231 e. The molecule has 2 N–H and O–H groups in total. The number of thioether (sulfide) groups is 1. The van der Waals surface area contributed by atoms with E-state index in [-0.39, 0.29) is 35.5 Å². The van der Waals surface area contributed by atoms with Crippen LogP contribution >= 0.6 is 35.7 Å². The van der Waals surface area contributed by atoms with E-state index in [1.165, 1.54) is 0 Å². The maximum absolute atomic E-state index is 5.74. The van der Waals surface area contributed by atoms with Crippen LogP contribution in [0.1, 0.15) is 20.8 Å². The van der Waals surface area contributed by atoms with Crippen molar-refractivity contribution in [3.63, 3.8) is 0 Å². The number of guanidine groups is 1. The van der Waals surface area contributed by atoms with E-state index in [0.29, 0.717) is 13.2 Å². The number of nitrogens with one attached hydrogen (secondary N) is 2. The zero-order valence-electron chi connectivity index (χ0n) is 15.3. The molecule has 142 valence electrons. The largest absolute Gasteiger partial charge is 0.492 e. The van der Waals surface area contributed by atoms with Gasteiger partial charge in [0.2, 0.25) is 6.79 Å². The van der Waals surface area contributed by atoms with Gasteiger partial charge in [0, 0.05) is 17.4 Å². The van der Waals surface area contributed by atoms with Crippen molar-refractivity contribution in [1.82, 2.24) is 10.6 Å². The molecule has 0 saturated heterocycles. The second kappa shape index (κ2) is 10.8. The number of fused-ring (bicyclic) bond motifs is 1. The fourth-order valence-electron chi connectivity index (χ4n) is 1.98. The minimum Gasteiger partial charge on any atom is -0.492 e. The molecule has 0 radical (unpaired) electrons. The van der Waals surface area contributed by atoms with Crippen molar-refractivity contribution in [3.05, 3.63) is 18.2 Å². The van der Waals surface area contributed by atoms with Gasteiger partial charge in [-0.15, -0.1) is 24.0 Å². The summed E-state index contributed by atoms with van der Waals surface area (Å²) in [4.78, 5) is 4.63. The van der Waals surface area contributed by atoms with Gasteiger partial charge in [0.1, 0.15) is 12.4 Å². The van der Waals surface area contributed by atoms with Crippen LogP contribution in [0.25, 0.3) is 0 Å². The summed E-state index contributed by atoms with van der Waals surface area (Å²) >= 11 is 1.81. The van der Waals surface area contributed by atoms with E-state index in [9.17, 15) is 0 Å². The van der Waals surface area contributed by atoms with Crippen LogP contribution in [0.5, 0.6) is 17.2 Å². The smallest absolute Gasteiger partial charge is 0.231 e. The van der Waals surface area contributed by atoms with E-state index in [1.807, 2.05) is 30.0 Å². The summed E-state index contributed by atoms with van der Waals surface area (Å²) in [5.41, 5.74) is 0. The highest BCUT2D eigenvalue weighted by Gasteiger charge is 2.15. The van der Waals surface area contributed by atoms with E-state index in [1.54, 1.807) is 0 Å². The van der Waals surface area contributed by atoms with Gasteiger partial charge in [-0.25, -0.2) is 0 Å². The summed E-state index contributed by atoms with van der Waals surface area (Å²) < 4.78 is 16.5. The molecule has 6 nitrogen and oxygen atoms in total. The molecule has 1 aromatic rings. The van der Waals surface area contributed by atoms with Gasteiger partial charge >= 0.3 is 0 Å². The highest BCUT2D eigenvalue weighted by atomic mass is 127. The Bertz CT molecular complexity index is 570. The van der Waals surface area contributed by atoms with Crippen molar-refractivity contribution in [2.24, 2.45) is 4.99 Å². The fraction of sp³-hybridized carbons (Fsp3) is 0.588. The Morgan fingerprint density at radius 2 is 2.04 bits per heavy atom. The van der Waals surface area contributed by atoms with Gasteiger partial charge in [0.15, 0.2) is 17.5 Å². The standard InChI is InChI=1S/C17H27N3O3S.HI/c1-5-18-16(20-11-17(2,3)24-4)19-8-9-21-13-6-7-14-15(10-13)23-12-22-14;/h6-7,10H,5,8-9,11-12H2,1-4H3,(H2,18,19,20);1H. The van der Waals surface area contributed by atoms with Gasteiger partial charge < -0.3 is 24.8 Å². The summed E-state index contributed by atoms with van der Waals surface area (Å²) in [6.07, 6.45) is 2.11. The third-order valence-electron chi connectivity index (χ3n) is 3.52. The maximum atomic E-state index is 5.74. The molecule has 0 spiro atoms.